The third-order valence-electron chi connectivity index (χ3n) is 6.09. The van der Waals surface area contributed by atoms with E-state index in [9.17, 15) is 19.7 Å². The summed E-state index contributed by atoms with van der Waals surface area (Å²) in [6, 6.07) is 17.2. The Kier molecular flexibility index (Phi) is 9.28. The second kappa shape index (κ2) is 13.0. The van der Waals surface area contributed by atoms with Gasteiger partial charge in [0.05, 0.1) is 18.2 Å². The summed E-state index contributed by atoms with van der Waals surface area (Å²) in [4.78, 5) is 35.2. The Morgan fingerprint density at radius 3 is 2.45 bits per heavy atom. The second-order valence-corrected chi connectivity index (χ2v) is 9.52. The van der Waals surface area contributed by atoms with Gasteiger partial charge in [-0.05, 0) is 75.4 Å². The maximum absolute atomic E-state index is 12.6. The molecule has 0 unspecified atom stereocenters. The fourth-order valence-corrected chi connectivity index (χ4v) is 4.29. The molecule has 218 valence electrons. The Morgan fingerprint density at radius 2 is 1.81 bits per heavy atom. The summed E-state index contributed by atoms with van der Waals surface area (Å²) >= 11 is 6.02. The van der Waals surface area contributed by atoms with Crippen molar-refractivity contribution in [1.29, 1.82) is 0 Å². The molecule has 12 nitrogen and oxygen atoms in total. The zero-order chi connectivity index (χ0) is 30.4. The van der Waals surface area contributed by atoms with Crippen LogP contribution in [0.15, 0.2) is 70.2 Å². The number of nitrogens with one attached hydrogen (secondary N) is 1. The molecule has 4 aromatic rings. The van der Waals surface area contributed by atoms with Crippen LogP contribution >= 0.6 is 11.6 Å². The molecule has 0 aliphatic carbocycles. The number of ether oxygens (including phenoxy) is 3. The van der Waals surface area contributed by atoms with Gasteiger partial charge in [-0.3, -0.25) is 14.9 Å². The van der Waals surface area contributed by atoms with Crippen molar-refractivity contribution >= 4 is 35.4 Å². The molecule has 13 heteroatoms. The Bertz CT molecular complexity index is 1620. The van der Waals surface area contributed by atoms with Gasteiger partial charge >= 0.3 is 17.6 Å². The average molecular weight is 595 g/mol. The number of furan rings is 1. The van der Waals surface area contributed by atoms with Crippen molar-refractivity contribution in [2.75, 3.05) is 7.11 Å². The summed E-state index contributed by atoms with van der Waals surface area (Å²) in [6.07, 6.45) is -0.0604. The standard InChI is InChI=1S/C29H27ClN4O8/c1-17-5-6-18(2)33(17)22-7-9-23(10-8-22)40-16-24-11-12-26(42-24)28(35)32-31-15-20-13-21(30)14-25(34(37)38)27(20)41-19(3)29(36)39-4/h5-15,19H,16H2,1-4H3,(H,32,35)/b31-15+/t19-/m1/s1. The Labute approximate surface area is 245 Å². The van der Waals surface area contributed by atoms with E-state index in [1.807, 2.05) is 38.1 Å². The lowest BCUT2D eigenvalue weighted by Gasteiger charge is -2.14. The van der Waals surface area contributed by atoms with Crippen molar-refractivity contribution in [2.24, 2.45) is 5.10 Å². The van der Waals surface area contributed by atoms with Crippen LogP contribution in [-0.4, -0.2) is 40.8 Å². The molecule has 0 aliphatic heterocycles. The summed E-state index contributed by atoms with van der Waals surface area (Å²) in [6.45, 7) is 5.53. The normalized spacial score (nSPS) is 11.7. The number of aryl methyl sites for hydroxylation is 2. The second-order valence-electron chi connectivity index (χ2n) is 9.08. The molecule has 2 aromatic carbocycles. The number of hydrazone groups is 1. The van der Waals surface area contributed by atoms with E-state index in [2.05, 4.69) is 32.0 Å². The zero-order valence-corrected chi connectivity index (χ0v) is 23.9. The van der Waals surface area contributed by atoms with E-state index in [1.165, 1.54) is 19.1 Å². The number of hydrogen-bond acceptors (Lipinski definition) is 9. The van der Waals surface area contributed by atoms with Crippen LogP contribution in [-0.2, 0) is 16.1 Å². The Balaban J connectivity index is 1.39. The molecular formula is C29H27ClN4O8. The molecule has 0 saturated carbocycles. The molecule has 42 heavy (non-hydrogen) atoms. The van der Waals surface area contributed by atoms with E-state index in [0.717, 1.165) is 36.5 Å². The molecule has 4 rings (SSSR count). The largest absolute Gasteiger partial charge is 0.486 e. The van der Waals surface area contributed by atoms with E-state index in [1.54, 1.807) is 6.07 Å². The first-order valence-electron chi connectivity index (χ1n) is 12.6. The first kappa shape index (κ1) is 29.9. The number of aromatic nitrogens is 1. The molecule has 2 heterocycles. The van der Waals surface area contributed by atoms with Gasteiger partial charge in [-0.1, -0.05) is 11.6 Å². The Hall–Kier alpha value is -5.10. The number of esters is 1. The molecule has 0 radical (unpaired) electrons. The smallest absolute Gasteiger partial charge is 0.346 e. The highest BCUT2D eigenvalue weighted by atomic mass is 35.5. The van der Waals surface area contributed by atoms with Crippen LogP contribution in [0.2, 0.25) is 5.02 Å². The third-order valence-corrected chi connectivity index (χ3v) is 6.31. The van der Waals surface area contributed by atoms with Gasteiger partial charge in [0.2, 0.25) is 5.75 Å². The van der Waals surface area contributed by atoms with Crippen molar-refractivity contribution in [1.82, 2.24) is 9.99 Å². The number of rotatable bonds is 11. The molecule has 0 aliphatic rings. The SMILES string of the molecule is COC(=O)[C@@H](C)Oc1c(/C=N/NC(=O)c2ccc(COc3ccc(-n4c(C)ccc4C)cc3)o2)cc(Cl)cc1[N+](=O)[O-]. The van der Waals surface area contributed by atoms with Crippen molar-refractivity contribution in [3.8, 4) is 17.2 Å². The summed E-state index contributed by atoms with van der Waals surface area (Å²) < 4.78 is 23.6. The number of amides is 1. The predicted octanol–water partition coefficient (Wildman–Crippen LogP) is 5.53. The van der Waals surface area contributed by atoms with Crippen LogP contribution in [0.1, 0.15) is 40.2 Å². The van der Waals surface area contributed by atoms with Crippen LogP contribution in [0.25, 0.3) is 5.69 Å². The maximum atomic E-state index is 12.6. The number of nitro groups is 1. The summed E-state index contributed by atoms with van der Waals surface area (Å²) in [5.74, 6) is -0.697. The van der Waals surface area contributed by atoms with E-state index in [0.29, 0.717) is 11.5 Å². The van der Waals surface area contributed by atoms with Crippen LogP contribution in [0, 0.1) is 24.0 Å². The van der Waals surface area contributed by atoms with Crippen LogP contribution in [0.5, 0.6) is 11.5 Å². The zero-order valence-electron chi connectivity index (χ0n) is 23.1. The molecule has 1 atom stereocenters. The highest BCUT2D eigenvalue weighted by Gasteiger charge is 2.25. The first-order valence-corrected chi connectivity index (χ1v) is 13.0. The fourth-order valence-electron chi connectivity index (χ4n) is 4.07. The number of nitrogens with zero attached hydrogens (tertiary/aromatic N) is 3. The number of benzene rings is 2. The minimum atomic E-state index is -1.16. The number of carbonyl (C=O) groups excluding carboxylic acids is 2. The summed E-state index contributed by atoms with van der Waals surface area (Å²) in [7, 11) is 1.16. The third kappa shape index (κ3) is 6.96. The van der Waals surface area contributed by atoms with Crippen LogP contribution in [0.4, 0.5) is 5.69 Å². The average Bonchev–Trinajstić information content (AvgIpc) is 3.58. The highest BCUT2D eigenvalue weighted by Crippen LogP contribution is 2.34. The minimum Gasteiger partial charge on any atom is -0.486 e. The monoisotopic (exact) mass is 594 g/mol. The quantitative estimate of drug-likeness (QED) is 0.103. The predicted molar refractivity (Wildman–Crippen MR) is 154 cm³/mol. The van der Waals surface area contributed by atoms with Crippen LogP contribution in [0.3, 0.4) is 0 Å². The fraction of sp³-hybridized carbons (Fsp3) is 0.207. The van der Waals surface area contributed by atoms with Crippen LogP contribution < -0.4 is 14.9 Å². The van der Waals surface area contributed by atoms with Gasteiger partial charge in [0.15, 0.2) is 11.9 Å². The van der Waals surface area contributed by atoms with Gasteiger partial charge in [-0.15, -0.1) is 0 Å². The van der Waals surface area contributed by atoms with E-state index in [4.69, 9.17) is 25.5 Å². The Morgan fingerprint density at radius 1 is 1.12 bits per heavy atom. The molecule has 1 amide bonds. The van der Waals surface area contributed by atoms with Gasteiger partial charge in [-0.2, -0.15) is 5.10 Å². The first-order chi connectivity index (χ1) is 20.1. The maximum Gasteiger partial charge on any atom is 0.346 e. The summed E-state index contributed by atoms with van der Waals surface area (Å²) in [5, 5.41) is 15.4. The lowest BCUT2D eigenvalue weighted by molar-refractivity contribution is -0.386. The van der Waals surface area contributed by atoms with Gasteiger partial charge in [0.25, 0.3) is 0 Å². The number of halogens is 1. The number of methoxy groups -OCH3 is 1. The van der Waals surface area contributed by atoms with Crippen molar-refractivity contribution < 1.29 is 33.1 Å². The number of hydrogen-bond donors (Lipinski definition) is 1. The lowest BCUT2D eigenvalue weighted by Crippen LogP contribution is -2.26. The number of nitro benzene ring substituents is 1. The topological polar surface area (TPSA) is 147 Å². The minimum absolute atomic E-state index is 0.0211. The molecular weight excluding hydrogens is 568 g/mol. The molecule has 0 fully saturated rings. The van der Waals surface area contributed by atoms with Crippen molar-refractivity contribution in [3.05, 3.63) is 104 Å². The van der Waals surface area contributed by atoms with E-state index < -0.39 is 28.6 Å². The molecule has 2 aromatic heterocycles. The highest BCUT2D eigenvalue weighted by molar-refractivity contribution is 6.31. The van der Waals surface area contributed by atoms with Gasteiger partial charge < -0.3 is 23.2 Å². The van der Waals surface area contributed by atoms with E-state index in [-0.39, 0.29) is 28.7 Å². The van der Waals surface area contributed by atoms with Crippen molar-refractivity contribution in [2.45, 2.75) is 33.5 Å². The van der Waals surface area contributed by atoms with Gasteiger partial charge in [-0.25, -0.2) is 10.2 Å². The molecule has 0 bridgehead atoms. The van der Waals surface area contributed by atoms with Crippen molar-refractivity contribution in [3.63, 3.8) is 0 Å². The molecule has 0 spiro atoms. The lowest BCUT2D eigenvalue weighted by atomic mass is 10.2. The summed E-state index contributed by atoms with van der Waals surface area (Å²) in [5.41, 5.74) is 5.11. The van der Waals surface area contributed by atoms with Gasteiger partial charge in [0.1, 0.15) is 18.1 Å². The number of carbonyl (C=O) groups is 2. The molecule has 0 saturated heterocycles. The molecule has 1 N–H and O–H groups in total. The van der Waals surface area contributed by atoms with E-state index >= 15 is 0 Å². The van der Waals surface area contributed by atoms with Gasteiger partial charge in [0, 0.05) is 33.7 Å².